The summed E-state index contributed by atoms with van der Waals surface area (Å²) in [5.74, 6) is -1.72. The first-order chi connectivity index (χ1) is 14.7. The molecule has 31 heavy (non-hydrogen) atoms. The monoisotopic (exact) mass is 424 g/mol. The van der Waals surface area contributed by atoms with E-state index in [4.69, 9.17) is 4.74 Å². The molecule has 7 nitrogen and oxygen atoms in total. The van der Waals surface area contributed by atoms with Gasteiger partial charge in [-0.25, -0.2) is 0 Å². The normalized spacial score (nSPS) is 15.6. The highest BCUT2D eigenvalue weighted by Gasteiger charge is 2.33. The number of fused-ring (bicyclic) bond motifs is 1. The molecule has 1 heterocycles. The Morgan fingerprint density at radius 2 is 1.87 bits per heavy atom. The van der Waals surface area contributed by atoms with E-state index >= 15 is 0 Å². The molecule has 2 N–H and O–H groups in total. The summed E-state index contributed by atoms with van der Waals surface area (Å²) in [4.78, 5) is 52.8. The molecule has 3 rings (SSSR count). The number of carbonyl (C=O) groups is 3. The predicted molar refractivity (Wildman–Crippen MR) is 116 cm³/mol. The van der Waals surface area contributed by atoms with Gasteiger partial charge in [0.25, 0.3) is 11.5 Å². The van der Waals surface area contributed by atoms with Crippen LogP contribution in [-0.4, -0.2) is 35.8 Å². The van der Waals surface area contributed by atoms with Gasteiger partial charge in [-0.3, -0.25) is 19.2 Å². The molecule has 1 aliphatic carbocycles. The Bertz CT molecular complexity index is 1040. The van der Waals surface area contributed by atoms with Crippen molar-refractivity contribution in [2.45, 2.75) is 40.0 Å². The van der Waals surface area contributed by atoms with Gasteiger partial charge in [-0.1, -0.05) is 44.2 Å². The molecule has 1 unspecified atom stereocenters. The zero-order valence-electron chi connectivity index (χ0n) is 18.1. The van der Waals surface area contributed by atoms with Crippen LogP contribution in [0.1, 0.15) is 59.2 Å². The number of rotatable bonds is 7. The van der Waals surface area contributed by atoms with E-state index in [1.165, 1.54) is 6.07 Å². The molecule has 1 amide bonds. The van der Waals surface area contributed by atoms with E-state index < -0.39 is 23.4 Å². The highest BCUT2D eigenvalue weighted by atomic mass is 16.5. The van der Waals surface area contributed by atoms with Gasteiger partial charge in [0.1, 0.15) is 5.56 Å². The molecular weight excluding hydrogens is 396 g/mol. The SMILES string of the molecule is CCOC(=O)C(CNC(=O)c1cc2c([nH]c1=O)CC(C)(C)CC2=O)Cc1ccccc1. The van der Waals surface area contributed by atoms with Crippen LogP contribution >= 0.6 is 0 Å². The molecule has 1 aromatic heterocycles. The van der Waals surface area contributed by atoms with E-state index in [-0.39, 0.29) is 29.9 Å². The van der Waals surface area contributed by atoms with Crippen molar-refractivity contribution in [2.75, 3.05) is 13.2 Å². The fourth-order valence-corrected chi connectivity index (χ4v) is 3.91. The molecule has 0 radical (unpaired) electrons. The van der Waals surface area contributed by atoms with E-state index in [0.717, 1.165) is 5.56 Å². The quantitative estimate of drug-likeness (QED) is 0.665. The Balaban J connectivity index is 1.76. The first kappa shape index (κ1) is 22.5. The number of esters is 1. The van der Waals surface area contributed by atoms with E-state index in [2.05, 4.69) is 10.3 Å². The van der Waals surface area contributed by atoms with Crippen molar-refractivity contribution in [2.24, 2.45) is 11.3 Å². The first-order valence-corrected chi connectivity index (χ1v) is 10.5. The minimum Gasteiger partial charge on any atom is -0.466 e. The molecular formula is C24H28N2O5. The van der Waals surface area contributed by atoms with Crippen molar-refractivity contribution in [1.82, 2.24) is 10.3 Å². The van der Waals surface area contributed by atoms with Gasteiger partial charge < -0.3 is 15.0 Å². The van der Waals surface area contributed by atoms with Crippen molar-refractivity contribution in [3.63, 3.8) is 0 Å². The maximum atomic E-state index is 12.7. The van der Waals surface area contributed by atoms with Crippen molar-refractivity contribution in [1.29, 1.82) is 0 Å². The lowest BCUT2D eigenvalue weighted by molar-refractivity contribution is -0.147. The average Bonchev–Trinajstić information content (AvgIpc) is 2.70. The molecule has 1 aromatic carbocycles. The Morgan fingerprint density at radius 3 is 2.55 bits per heavy atom. The number of benzene rings is 1. The minimum absolute atomic E-state index is 0.0179. The smallest absolute Gasteiger partial charge is 0.311 e. The zero-order valence-corrected chi connectivity index (χ0v) is 18.1. The highest BCUT2D eigenvalue weighted by Crippen LogP contribution is 2.33. The fraction of sp³-hybridized carbons (Fsp3) is 0.417. The molecule has 1 atom stereocenters. The van der Waals surface area contributed by atoms with Gasteiger partial charge in [0, 0.05) is 24.2 Å². The summed E-state index contributed by atoms with van der Waals surface area (Å²) in [6, 6.07) is 10.8. The van der Waals surface area contributed by atoms with E-state index in [1.807, 2.05) is 44.2 Å². The lowest BCUT2D eigenvalue weighted by atomic mass is 9.75. The van der Waals surface area contributed by atoms with Gasteiger partial charge in [-0.2, -0.15) is 0 Å². The van der Waals surface area contributed by atoms with Gasteiger partial charge in [-0.05, 0) is 36.8 Å². The molecule has 0 spiro atoms. The molecule has 0 bridgehead atoms. The number of aromatic amines is 1. The third kappa shape index (κ3) is 5.48. The lowest BCUT2D eigenvalue weighted by Gasteiger charge is -2.29. The number of amides is 1. The molecule has 0 saturated carbocycles. The number of carbonyl (C=O) groups excluding carboxylic acids is 3. The van der Waals surface area contributed by atoms with Crippen molar-refractivity contribution in [3.05, 3.63) is 69.1 Å². The molecule has 1 aliphatic rings. The number of hydrogen-bond donors (Lipinski definition) is 2. The summed E-state index contributed by atoms with van der Waals surface area (Å²) in [5.41, 5.74) is 0.981. The predicted octanol–water partition coefficient (Wildman–Crippen LogP) is 2.68. The van der Waals surface area contributed by atoms with Crippen LogP contribution in [-0.2, 0) is 22.4 Å². The van der Waals surface area contributed by atoms with Crippen molar-refractivity contribution in [3.8, 4) is 0 Å². The van der Waals surface area contributed by atoms with Crippen LogP contribution < -0.4 is 10.9 Å². The number of pyridine rings is 1. The number of ether oxygens (including phenoxy) is 1. The Labute approximate surface area is 181 Å². The highest BCUT2D eigenvalue weighted by molar-refractivity contribution is 6.02. The summed E-state index contributed by atoms with van der Waals surface area (Å²) in [6.07, 6.45) is 1.32. The van der Waals surface area contributed by atoms with Gasteiger partial charge in [0.05, 0.1) is 12.5 Å². The van der Waals surface area contributed by atoms with Crippen LogP contribution in [0.2, 0.25) is 0 Å². The van der Waals surface area contributed by atoms with Gasteiger partial charge >= 0.3 is 5.97 Å². The number of Topliss-reactive ketones (excluding diaryl/α,β-unsaturated/α-hetero) is 1. The second-order valence-corrected chi connectivity index (χ2v) is 8.69. The number of nitrogens with one attached hydrogen (secondary N) is 2. The Hall–Kier alpha value is -3.22. The van der Waals surface area contributed by atoms with Crippen LogP contribution in [0.3, 0.4) is 0 Å². The second kappa shape index (κ2) is 9.29. The third-order valence-corrected chi connectivity index (χ3v) is 5.42. The van der Waals surface area contributed by atoms with Gasteiger partial charge in [0.15, 0.2) is 5.78 Å². The van der Waals surface area contributed by atoms with Crippen LogP contribution in [0.25, 0.3) is 0 Å². The lowest BCUT2D eigenvalue weighted by Crippen LogP contribution is -2.38. The number of aromatic nitrogens is 1. The summed E-state index contributed by atoms with van der Waals surface area (Å²) in [6.45, 7) is 5.91. The molecule has 164 valence electrons. The fourth-order valence-electron chi connectivity index (χ4n) is 3.91. The maximum Gasteiger partial charge on any atom is 0.311 e. The maximum absolute atomic E-state index is 12.7. The zero-order chi connectivity index (χ0) is 22.6. The van der Waals surface area contributed by atoms with Crippen molar-refractivity contribution >= 4 is 17.7 Å². The molecule has 0 aliphatic heterocycles. The molecule has 0 saturated heterocycles. The summed E-state index contributed by atoms with van der Waals surface area (Å²) in [5, 5.41) is 2.67. The molecule has 2 aromatic rings. The van der Waals surface area contributed by atoms with E-state index in [9.17, 15) is 19.2 Å². The van der Waals surface area contributed by atoms with Crippen LogP contribution in [0.15, 0.2) is 41.2 Å². The third-order valence-electron chi connectivity index (χ3n) is 5.42. The number of H-pyrrole nitrogens is 1. The standard InChI is InChI=1S/C24H28N2O5/c1-4-31-23(30)16(10-15-8-6-5-7-9-15)14-25-21(28)18-11-17-19(26-22(18)29)12-24(2,3)13-20(17)27/h5-9,11,16H,4,10,12-14H2,1-3H3,(H,25,28)(H,26,29). The largest absolute Gasteiger partial charge is 0.466 e. The second-order valence-electron chi connectivity index (χ2n) is 8.69. The summed E-state index contributed by atoms with van der Waals surface area (Å²) in [7, 11) is 0. The summed E-state index contributed by atoms with van der Waals surface area (Å²) >= 11 is 0. The molecule has 0 fully saturated rings. The average molecular weight is 424 g/mol. The Kier molecular flexibility index (Phi) is 6.73. The van der Waals surface area contributed by atoms with Crippen LogP contribution in [0.5, 0.6) is 0 Å². The van der Waals surface area contributed by atoms with Gasteiger partial charge in [-0.15, -0.1) is 0 Å². The van der Waals surface area contributed by atoms with Crippen LogP contribution in [0.4, 0.5) is 0 Å². The van der Waals surface area contributed by atoms with E-state index in [1.54, 1.807) is 6.92 Å². The first-order valence-electron chi connectivity index (χ1n) is 10.5. The minimum atomic E-state index is -0.621. The molecule has 7 heteroatoms. The number of hydrogen-bond acceptors (Lipinski definition) is 5. The number of ketones is 1. The van der Waals surface area contributed by atoms with Crippen molar-refractivity contribution < 1.29 is 19.1 Å². The van der Waals surface area contributed by atoms with Crippen LogP contribution in [0, 0.1) is 11.3 Å². The topological polar surface area (TPSA) is 105 Å². The van der Waals surface area contributed by atoms with E-state index in [0.29, 0.717) is 30.5 Å². The summed E-state index contributed by atoms with van der Waals surface area (Å²) < 4.78 is 5.14. The Morgan fingerprint density at radius 1 is 1.16 bits per heavy atom. The van der Waals surface area contributed by atoms with Gasteiger partial charge in [0.2, 0.25) is 0 Å².